The van der Waals surface area contributed by atoms with Crippen LogP contribution in [0.25, 0.3) is 10.8 Å². The van der Waals surface area contributed by atoms with Crippen molar-refractivity contribution in [2.75, 3.05) is 6.54 Å². The molecule has 0 spiro atoms. The predicted molar refractivity (Wildman–Crippen MR) is 110 cm³/mol. The smallest absolute Gasteiger partial charge is 0.405 e. The highest BCUT2D eigenvalue weighted by atomic mass is 16.5. The Labute approximate surface area is 174 Å². The number of aromatic nitrogens is 1. The fourth-order valence-corrected chi connectivity index (χ4v) is 3.68. The van der Waals surface area contributed by atoms with Crippen LogP contribution in [0.1, 0.15) is 27.2 Å². The summed E-state index contributed by atoms with van der Waals surface area (Å²) < 4.78 is 6.05. The van der Waals surface area contributed by atoms with Gasteiger partial charge in [0.25, 0.3) is 0 Å². The van der Waals surface area contributed by atoms with E-state index in [-0.39, 0.29) is 13.0 Å². The van der Waals surface area contributed by atoms with Crippen LogP contribution in [0.4, 0.5) is 4.79 Å². The van der Waals surface area contributed by atoms with E-state index in [4.69, 9.17) is 15.6 Å². The summed E-state index contributed by atoms with van der Waals surface area (Å²) in [4.78, 5) is 42.0. The number of nitrogens with zero attached hydrogens (tertiary/aromatic N) is 2. The largest absolute Gasteiger partial charge is 0.472 e. The highest BCUT2D eigenvalue weighted by Crippen LogP contribution is 2.29. The number of nitrogens with two attached hydrogens (primary N) is 1. The average Bonchev–Trinajstić information content (AvgIpc) is 3.09. The number of primary amides is 1. The van der Waals surface area contributed by atoms with E-state index in [2.05, 4.69) is 10.3 Å². The van der Waals surface area contributed by atoms with Gasteiger partial charge in [0.15, 0.2) is 0 Å². The maximum Gasteiger partial charge on any atom is 0.405 e. The first kappa shape index (κ1) is 21.4. The monoisotopic (exact) mass is 414 g/mol. The zero-order chi connectivity index (χ0) is 22.1. The van der Waals surface area contributed by atoms with Crippen molar-refractivity contribution in [3.63, 3.8) is 0 Å². The molecule has 0 unspecified atom stereocenters. The molecule has 3 atom stereocenters. The third-order valence-electron chi connectivity index (χ3n) is 5.17. The molecule has 2 aromatic rings. The van der Waals surface area contributed by atoms with Gasteiger partial charge in [0.2, 0.25) is 17.7 Å². The van der Waals surface area contributed by atoms with Crippen LogP contribution < -0.4 is 15.8 Å². The van der Waals surface area contributed by atoms with Crippen molar-refractivity contribution in [3.05, 3.63) is 36.5 Å². The Hall–Kier alpha value is -3.36. The normalized spacial score (nSPS) is 20.0. The van der Waals surface area contributed by atoms with Gasteiger partial charge in [0.05, 0.1) is 6.54 Å². The van der Waals surface area contributed by atoms with Crippen LogP contribution in [0.15, 0.2) is 36.5 Å². The number of hydrogen-bond donors (Lipinski definition) is 3. The maximum absolute atomic E-state index is 13.2. The molecule has 9 heteroatoms. The number of carboxylic acid groups (broad SMARTS) is 1. The number of carbonyl (C=O) groups is 3. The van der Waals surface area contributed by atoms with Crippen LogP contribution in [-0.2, 0) is 9.59 Å². The molecule has 3 amide bonds. The van der Waals surface area contributed by atoms with E-state index in [0.29, 0.717) is 5.88 Å². The number of pyridine rings is 1. The Morgan fingerprint density at radius 2 is 1.97 bits per heavy atom. The molecule has 0 aliphatic carbocycles. The summed E-state index contributed by atoms with van der Waals surface area (Å²) in [5, 5.41) is 13.2. The molecule has 1 aliphatic rings. The van der Waals surface area contributed by atoms with Gasteiger partial charge < -0.3 is 25.8 Å². The fourth-order valence-electron chi connectivity index (χ4n) is 3.68. The number of amides is 3. The van der Waals surface area contributed by atoms with Crippen LogP contribution in [0.2, 0.25) is 0 Å². The summed E-state index contributed by atoms with van der Waals surface area (Å²) in [6, 6.07) is 7.54. The number of ether oxygens (including phenoxy) is 1. The molecule has 1 aromatic heterocycles. The third kappa shape index (κ3) is 4.45. The van der Waals surface area contributed by atoms with Gasteiger partial charge >= 0.3 is 6.09 Å². The van der Waals surface area contributed by atoms with Crippen molar-refractivity contribution in [2.24, 2.45) is 11.1 Å². The third-order valence-corrected chi connectivity index (χ3v) is 5.17. The highest BCUT2D eigenvalue weighted by Gasteiger charge is 2.45. The van der Waals surface area contributed by atoms with Crippen LogP contribution in [0.5, 0.6) is 5.88 Å². The van der Waals surface area contributed by atoms with E-state index in [0.717, 1.165) is 10.8 Å². The lowest BCUT2D eigenvalue weighted by Gasteiger charge is -2.34. The Balaban J connectivity index is 1.85. The van der Waals surface area contributed by atoms with Crippen LogP contribution in [-0.4, -0.2) is 57.6 Å². The number of nitrogens with one attached hydrogen (secondary N) is 1. The second-order valence-corrected chi connectivity index (χ2v) is 8.47. The summed E-state index contributed by atoms with van der Waals surface area (Å²) in [6.07, 6.45) is 0.0183. The Kier molecular flexibility index (Phi) is 5.82. The van der Waals surface area contributed by atoms with Crippen molar-refractivity contribution in [3.8, 4) is 5.88 Å². The molecular weight excluding hydrogens is 388 g/mol. The first-order valence-corrected chi connectivity index (χ1v) is 9.67. The summed E-state index contributed by atoms with van der Waals surface area (Å²) in [5.74, 6) is -0.763. The lowest BCUT2D eigenvalue weighted by molar-refractivity contribution is -0.141. The summed E-state index contributed by atoms with van der Waals surface area (Å²) in [7, 11) is 0. The maximum atomic E-state index is 13.2. The second-order valence-electron chi connectivity index (χ2n) is 8.47. The molecule has 2 heterocycles. The Bertz CT molecular complexity index is 966. The molecular formula is C21H26N4O5. The summed E-state index contributed by atoms with van der Waals surface area (Å²) in [5.41, 5.74) is 4.84. The van der Waals surface area contributed by atoms with Crippen LogP contribution in [0.3, 0.4) is 0 Å². The number of hydrogen-bond acceptors (Lipinski definition) is 5. The van der Waals surface area contributed by atoms with Crippen LogP contribution >= 0.6 is 0 Å². The van der Waals surface area contributed by atoms with Gasteiger partial charge in [0.1, 0.15) is 18.2 Å². The van der Waals surface area contributed by atoms with E-state index >= 15 is 0 Å². The van der Waals surface area contributed by atoms with E-state index < -0.39 is 41.5 Å². The molecule has 0 radical (unpaired) electrons. The molecule has 9 nitrogen and oxygen atoms in total. The first-order valence-electron chi connectivity index (χ1n) is 9.67. The minimum atomic E-state index is -1.31. The molecule has 1 saturated heterocycles. The molecule has 30 heavy (non-hydrogen) atoms. The van der Waals surface area contributed by atoms with Crippen molar-refractivity contribution < 1.29 is 24.2 Å². The zero-order valence-corrected chi connectivity index (χ0v) is 17.2. The Morgan fingerprint density at radius 3 is 2.60 bits per heavy atom. The minimum Gasteiger partial charge on any atom is -0.472 e. The van der Waals surface area contributed by atoms with E-state index in [9.17, 15) is 14.4 Å². The predicted octanol–water partition coefficient (Wildman–Crippen LogP) is 1.75. The van der Waals surface area contributed by atoms with Crippen molar-refractivity contribution >= 4 is 28.7 Å². The van der Waals surface area contributed by atoms with Crippen molar-refractivity contribution in [1.82, 2.24) is 15.2 Å². The molecule has 160 valence electrons. The molecule has 1 aromatic carbocycles. The molecule has 1 fully saturated rings. The molecule has 4 N–H and O–H groups in total. The number of carbonyl (C=O) groups excluding carboxylic acids is 2. The number of fused-ring (bicyclic) bond motifs is 1. The lowest BCUT2D eigenvalue weighted by Crippen LogP contribution is -2.57. The topological polar surface area (TPSA) is 135 Å². The standard InChI is InChI=1S/C21H26N4O5/c1-21(2,3)16(24-20(28)29)19(27)25-11-13(10-15(25)17(22)26)30-18-14-7-5-4-6-12(14)8-9-23-18/h4-9,13,15-16,24H,10-11H2,1-3H3,(H2,22,26)(H,28,29)/t13-,15+,16-/m1/s1. The number of likely N-dealkylation sites (tertiary alicyclic amines) is 1. The van der Waals surface area contributed by atoms with Crippen LogP contribution in [0, 0.1) is 5.41 Å². The van der Waals surface area contributed by atoms with Gasteiger partial charge in [-0.2, -0.15) is 0 Å². The van der Waals surface area contributed by atoms with Gasteiger partial charge in [-0.25, -0.2) is 9.78 Å². The lowest BCUT2D eigenvalue weighted by atomic mass is 9.85. The van der Waals surface area contributed by atoms with Gasteiger partial charge in [-0.1, -0.05) is 39.0 Å². The van der Waals surface area contributed by atoms with Gasteiger partial charge in [0, 0.05) is 18.0 Å². The Morgan fingerprint density at radius 1 is 1.27 bits per heavy atom. The molecule has 0 bridgehead atoms. The fraction of sp³-hybridized carbons (Fsp3) is 0.429. The summed E-state index contributed by atoms with van der Waals surface area (Å²) >= 11 is 0. The molecule has 0 saturated carbocycles. The number of rotatable bonds is 5. The van der Waals surface area contributed by atoms with Gasteiger partial charge in [-0.05, 0) is 22.9 Å². The number of benzene rings is 1. The summed E-state index contributed by atoms with van der Waals surface area (Å²) in [6.45, 7) is 5.34. The van der Waals surface area contributed by atoms with Crippen molar-refractivity contribution in [1.29, 1.82) is 0 Å². The van der Waals surface area contributed by atoms with Gasteiger partial charge in [-0.3, -0.25) is 9.59 Å². The SMILES string of the molecule is CC(C)(C)[C@H](NC(=O)O)C(=O)N1C[C@H](Oc2nccc3ccccc23)C[C@H]1C(N)=O. The first-order chi connectivity index (χ1) is 14.1. The average molecular weight is 414 g/mol. The molecule has 3 rings (SSSR count). The second kappa shape index (κ2) is 8.17. The van der Waals surface area contributed by atoms with E-state index in [1.165, 1.54) is 4.90 Å². The van der Waals surface area contributed by atoms with Gasteiger partial charge in [-0.15, -0.1) is 0 Å². The van der Waals surface area contributed by atoms with E-state index in [1.807, 2.05) is 30.3 Å². The van der Waals surface area contributed by atoms with E-state index in [1.54, 1.807) is 27.0 Å². The minimum absolute atomic E-state index is 0.102. The molecule has 1 aliphatic heterocycles. The quantitative estimate of drug-likeness (QED) is 0.682. The highest BCUT2D eigenvalue weighted by molar-refractivity contribution is 5.92. The zero-order valence-electron chi connectivity index (χ0n) is 17.2. The van der Waals surface area contributed by atoms with Crippen molar-refractivity contribution in [2.45, 2.75) is 45.4 Å².